The van der Waals surface area contributed by atoms with Gasteiger partial charge >= 0.3 is 8.60 Å². The van der Waals surface area contributed by atoms with Crippen LogP contribution in [0.25, 0.3) is 16.8 Å². The van der Waals surface area contributed by atoms with Crippen LogP contribution in [0, 0.1) is 11.3 Å². The molecule has 0 radical (unpaired) electrons. The van der Waals surface area contributed by atoms with E-state index in [1.807, 2.05) is 98.8 Å². The zero-order valence-electron chi connectivity index (χ0n) is 29.8. The number of benzene rings is 4. The number of hydrogen-bond acceptors (Lipinski definition) is 8. The summed E-state index contributed by atoms with van der Waals surface area (Å²) in [4.78, 5) is 15.1. The van der Waals surface area contributed by atoms with Crippen molar-refractivity contribution in [1.29, 1.82) is 5.26 Å². The summed E-state index contributed by atoms with van der Waals surface area (Å²) in [6.07, 6.45) is 5.39. The van der Waals surface area contributed by atoms with E-state index < -0.39 is 14.5 Å². The van der Waals surface area contributed by atoms with Gasteiger partial charge in [0.25, 0.3) is 5.91 Å². The molecule has 270 valence electrons. The Morgan fingerprint density at radius 1 is 0.745 bits per heavy atom. The van der Waals surface area contributed by atoms with Gasteiger partial charge in [0, 0.05) is 25.3 Å². The van der Waals surface area contributed by atoms with Crippen LogP contribution >= 0.6 is 8.60 Å². The third-order valence-corrected chi connectivity index (χ3v) is 9.01. The van der Waals surface area contributed by atoms with Crippen LogP contribution in [0.15, 0.2) is 103 Å². The Balaban J connectivity index is 0.00000286. The van der Waals surface area contributed by atoms with Crippen LogP contribution in [0.5, 0.6) is 0 Å². The van der Waals surface area contributed by atoms with Crippen LogP contribution in [0.4, 0.5) is 5.69 Å². The number of anilines is 1. The lowest BCUT2D eigenvalue weighted by atomic mass is 10.0. The summed E-state index contributed by atoms with van der Waals surface area (Å²) in [5, 5.41) is 14.6. The minimum Gasteiger partial charge on any atom is -0.377 e. The monoisotopic (exact) mass is 711 g/mol. The summed E-state index contributed by atoms with van der Waals surface area (Å²) in [7, 11) is -1.56. The van der Waals surface area contributed by atoms with Crippen LogP contribution in [0.2, 0.25) is 0 Å². The summed E-state index contributed by atoms with van der Waals surface area (Å²) in [6.45, 7) is 8.95. The number of fused-ring (bicyclic) bond motifs is 1. The van der Waals surface area contributed by atoms with Crippen molar-refractivity contribution in [2.24, 2.45) is 0 Å². The number of carbonyl (C=O) groups excluding carboxylic acids is 1. The maximum atomic E-state index is 12.7. The molecule has 10 heteroatoms. The van der Waals surface area contributed by atoms with Gasteiger partial charge in [0.15, 0.2) is 0 Å². The van der Waals surface area contributed by atoms with Crippen molar-refractivity contribution in [3.05, 3.63) is 119 Å². The Labute approximate surface area is 304 Å². The van der Waals surface area contributed by atoms with Crippen molar-refractivity contribution in [2.75, 3.05) is 57.6 Å². The van der Waals surface area contributed by atoms with Gasteiger partial charge in [-0.1, -0.05) is 92.7 Å². The van der Waals surface area contributed by atoms with E-state index in [1.165, 1.54) is 24.9 Å². The fraction of sp³-hybridized carbons (Fsp3) is 0.366. The molecular formula is C41H50N3O6P. The van der Waals surface area contributed by atoms with E-state index in [4.69, 9.17) is 23.0 Å². The lowest BCUT2D eigenvalue weighted by Gasteiger charge is -2.29. The molecule has 1 amide bonds. The number of nitriles is 1. The predicted molar refractivity (Wildman–Crippen MR) is 205 cm³/mol. The first-order valence-corrected chi connectivity index (χ1v) is 18.9. The predicted octanol–water partition coefficient (Wildman–Crippen LogP) is 8.59. The first kappa shape index (κ1) is 39.7. The van der Waals surface area contributed by atoms with Crippen molar-refractivity contribution in [2.45, 2.75) is 46.3 Å². The molecule has 1 saturated heterocycles. The number of rotatable bonds is 19. The molecule has 0 atom stereocenters. The highest BCUT2D eigenvalue weighted by Gasteiger charge is 2.14. The highest BCUT2D eigenvalue weighted by Crippen LogP contribution is 2.41. The second kappa shape index (κ2) is 23.4. The van der Waals surface area contributed by atoms with Gasteiger partial charge in [0.2, 0.25) is 0 Å². The molecule has 4 aromatic rings. The van der Waals surface area contributed by atoms with Crippen LogP contribution in [-0.2, 0) is 41.1 Å². The highest BCUT2D eigenvalue weighted by atomic mass is 31.2. The smallest absolute Gasteiger partial charge is 0.333 e. The lowest BCUT2D eigenvalue weighted by Crippen LogP contribution is -2.29. The first-order chi connectivity index (χ1) is 25.2. The number of nitrogens with one attached hydrogen (secondary N) is 1. The van der Waals surface area contributed by atoms with Crippen molar-refractivity contribution in [3.63, 3.8) is 0 Å². The molecule has 1 fully saturated rings. The molecule has 1 aliphatic rings. The molecule has 0 spiro atoms. The largest absolute Gasteiger partial charge is 0.377 e. The molecule has 0 saturated carbocycles. The normalized spacial score (nSPS) is 13.1. The van der Waals surface area contributed by atoms with Gasteiger partial charge in [-0.25, -0.2) is 0 Å². The number of ether oxygens (including phenoxy) is 2. The number of nitrogens with zero attached hydrogens (tertiary/aromatic N) is 2. The second-order valence-corrected chi connectivity index (χ2v) is 12.8. The first-order valence-electron chi connectivity index (χ1n) is 17.8. The average molecular weight is 712 g/mol. The van der Waals surface area contributed by atoms with Crippen LogP contribution in [0.1, 0.15) is 49.8 Å². The molecule has 51 heavy (non-hydrogen) atoms. The summed E-state index contributed by atoms with van der Waals surface area (Å²) in [6, 6.07) is 34.3. The third-order valence-electron chi connectivity index (χ3n) is 7.93. The quantitative estimate of drug-likeness (QED) is 0.0447. The Bertz CT molecular complexity index is 1620. The fourth-order valence-electron chi connectivity index (χ4n) is 5.34. The number of carbonyl (C=O) groups is 1. The number of hydrogen-bond donors (Lipinski definition) is 1. The Morgan fingerprint density at radius 3 is 1.98 bits per heavy atom. The minimum atomic E-state index is -1.56. The van der Waals surface area contributed by atoms with Gasteiger partial charge in [-0.2, -0.15) is 5.26 Å². The lowest BCUT2D eigenvalue weighted by molar-refractivity contribution is -0.117. The van der Waals surface area contributed by atoms with Gasteiger partial charge in [-0.3, -0.25) is 4.79 Å². The van der Waals surface area contributed by atoms with Crippen molar-refractivity contribution >= 4 is 37.0 Å². The van der Waals surface area contributed by atoms with Crippen molar-refractivity contribution in [1.82, 2.24) is 5.32 Å². The van der Waals surface area contributed by atoms with Gasteiger partial charge in [-0.15, -0.1) is 0 Å². The molecule has 9 nitrogen and oxygen atoms in total. The van der Waals surface area contributed by atoms with Crippen molar-refractivity contribution in [3.8, 4) is 6.07 Å². The summed E-state index contributed by atoms with van der Waals surface area (Å²) in [5.74, 6) is -0.430. The SMILES string of the molecule is CC.N#C/C(=C\c1ccc2cc(N3CCCCC3)ccc2c1)C(=O)NCCOCCOCCOP(OCc1ccccc1)OCc1ccccc1. The van der Waals surface area contributed by atoms with E-state index in [0.29, 0.717) is 46.2 Å². The van der Waals surface area contributed by atoms with Gasteiger partial charge in [0.05, 0.1) is 46.2 Å². The molecule has 0 aromatic heterocycles. The maximum absolute atomic E-state index is 12.7. The van der Waals surface area contributed by atoms with E-state index >= 15 is 0 Å². The topological polar surface area (TPSA) is 102 Å². The molecule has 1 N–H and O–H groups in total. The fourth-order valence-corrected chi connectivity index (χ4v) is 6.30. The van der Waals surface area contributed by atoms with Crippen LogP contribution < -0.4 is 10.2 Å². The Hall–Kier alpha value is -4.13. The molecule has 0 aliphatic carbocycles. The van der Waals surface area contributed by atoms with Crippen LogP contribution in [0.3, 0.4) is 0 Å². The molecule has 4 aromatic carbocycles. The number of piperidine rings is 1. The van der Waals surface area contributed by atoms with E-state index in [2.05, 4.69) is 28.4 Å². The zero-order chi connectivity index (χ0) is 35.9. The summed E-state index contributed by atoms with van der Waals surface area (Å²) < 4.78 is 28.9. The number of amides is 1. The van der Waals surface area contributed by atoms with E-state index in [-0.39, 0.29) is 12.1 Å². The standard InChI is InChI=1S/C39H44N3O6P.C2H6/c40-29-37(27-34-14-15-36-28-38(17-16-35(36)26-34)42-19-8-3-9-20-42)39(43)41-18-21-44-22-23-45-24-25-46-49(47-30-32-10-4-1-5-11-32)48-31-33-12-6-2-7-13-33;1-2/h1-2,4-7,10-17,26-28H,3,8-9,18-25,30-31H2,(H,41,43);1-2H3/b37-27+;. The van der Waals surface area contributed by atoms with Gasteiger partial charge < -0.3 is 33.3 Å². The van der Waals surface area contributed by atoms with Crippen molar-refractivity contribution < 1.29 is 27.8 Å². The second-order valence-electron chi connectivity index (χ2n) is 11.6. The third kappa shape index (κ3) is 14.2. The van der Waals surface area contributed by atoms with Gasteiger partial charge in [-0.05, 0) is 71.0 Å². The van der Waals surface area contributed by atoms with E-state index in [1.54, 1.807) is 6.08 Å². The van der Waals surface area contributed by atoms with E-state index in [9.17, 15) is 10.1 Å². The van der Waals surface area contributed by atoms with E-state index in [0.717, 1.165) is 40.6 Å². The Morgan fingerprint density at radius 2 is 1.33 bits per heavy atom. The maximum Gasteiger partial charge on any atom is 0.333 e. The minimum absolute atomic E-state index is 0.0491. The zero-order valence-corrected chi connectivity index (χ0v) is 30.7. The van der Waals surface area contributed by atoms with Gasteiger partial charge in [0.1, 0.15) is 11.6 Å². The molecule has 5 rings (SSSR count). The molecule has 0 bridgehead atoms. The van der Waals surface area contributed by atoms with Crippen LogP contribution in [-0.4, -0.2) is 58.6 Å². The summed E-state index contributed by atoms with van der Waals surface area (Å²) >= 11 is 0. The average Bonchev–Trinajstić information content (AvgIpc) is 3.19. The summed E-state index contributed by atoms with van der Waals surface area (Å²) in [5.41, 5.74) is 4.18. The Kier molecular flexibility index (Phi) is 18.2. The highest BCUT2D eigenvalue weighted by molar-refractivity contribution is 7.41. The molecule has 0 unspecified atom stereocenters. The molecular weight excluding hydrogens is 661 g/mol. The molecule has 1 heterocycles. The molecule has 1 aliphatic heterocycles.